The first-order valence-electron chi connectivity index (χ1n) is 5.51. The van der Waals surface area contributed by atoms with Gasteiger partial charge in [0.1, 0.15) is 11.5 Å². The SMILES string of the molecule is COc1cc(OC)c([C@H]2CCCN2)cc1N. The van der Waals surface area contributed by atoms with Gasteiger partial charge in [0.2, 0.25) is 0 Å². The second kappa shape index (κ2) is 4.61. The third kappa shape index (κ3) is 1.93. The van der Waals surface area contributed by atoms with Gasteiger partial charge < -0.3 is 20.5 Å². The summed E-state index contributed by atoms with van der Waals surface area (Å²) in [5, 5.41) is 3.44. The predicted octanol–water partition coefficient (Wildman–Crippen LogP) is 1.71. The van der Waals surface area contributed by atoms with E-state index in [2.05, 4.69) is 5.32 Å². The van der Waals surface area contributed by atoms with Gasteiger partial charge in [0.05, 0.1) is 19.9 Å². The smallest absolute Gasteiger partial charge is 0.145 e. The number of anilines is 1. The van der Waals surface area contributed by atoms with Crippen molar-refractivity contribution in [2.24, 2.45) is 0 Å². The molecule has 4 heteroatoms. The molecule has 88 valence electrons. The van der Waals surface area contributed by atoms with Gasteiger partial charge in [-0.05, 0) is 25.5 Å². The van der Waals surface area contributed by atoms with Gasteiger partial charge in [-0.25, -0.2) is 0 Å². The zero-order valence-electron chi connectivity index (χ0n) is 9.75. The van der Waals surface area contributed by atoms with Crippen LogP contribution in [0.2, 0.25) is 0 Å². The number of hydrogen-bond acceptors (Lipinski definition) is 4. The van der Waals surface area contributed by atoms with Crippen molar-refractivity contribution in [3.63, 3.8) is 0 Å². The van der Waals surface area contributed by atoms with Crippen LogP contribution in [0, 0.1) is 0 Å². The predicted molar refractivity (Wildman–Crippen MR) is 63.9 cm³/mol. The number of rotatable bonds is 3. The summed E-state index contributed by atoms with van der Waals surface area (Å²) in [6.07, 6.45) is 2.32. The van der Waals surface area contributed by atoms with Gasteiger partial charge in [0.25, 0.3) is 0 Å². The monoisotopic (exact) mass is 222 g/mol. The summed E-state index contributed by atoms with van der Waals surface area (Å²) in [7, 11) is 3.28. The molecule has 0 bridgehead atoms. The van der Waals surface area contributed by atoms with Crippen LogP contribution in [-0.4, -0.2) is 20.8 Å². The van der Waals surface area contributed by atoms with Crippen LogP contribution in [0.3, 0.4) is 0 Å². The van der Waals surface area contributed by atoms with E-state index in [-0.39, 0.29) is 0 Å². The highest BCUT2D eigenvalue weighted by molar-refractivity contribution is 5.60. The molecule has 1 aliphatic rings. The van der Waals surface area contributed by atoms with Crippen molar-refractivity contribution in [3.8, 4) is 11.5 Å². The minimum atomic E-state index is 0.350. The van der Waals surface area contributed by atoms with Crippen LogP contribution in [0.4, 0.5) is 5.69 Å². The highest BCUT2D eigenvalue weighted by Gasteiger charge is 2.21. The van der Waals surface area contributed by atoms with Crippen LogP contribution in [0.15, 0.2) is 12.1 Å². The number of nitrogens with one attached hydrogen (secondary N) is 1. The van der Waals surface area contributed by atoms with Crippen molar-refractivity contribution in [1.82, 2.24) is 5.32 Å². The summed E-state index contributed by atoms with van der Waals surface area (Å²) in [5.74, 6) is 1.50. The molecule has 0 unspecified atom stereocenters. The Morgan fingerprint density at radius 3 is 2.56 bits per heavy atom. The van der Waals surface area contributed by atoms with Gasteiger partial charge in [-0.1, -0.05) is 0 Å². The summed E-state index contributed by atoms with van der Waals surface area (Å²) in [6.45, 7) is 1.06. The molecule has 0 spiro atoms. The minimum Gasteiger partial charge on any atom is -0.496 e. The first-order valence-corrected chi connectivity index (χ1v) is 5.51. The van der Waals surface area contributed by atoms with E-state index in [4.69, 9.17) is 15.2 Å². The van der Waals surface area contributed by atoms with Crippen molar-refractivity contribution >= 4 is 5.69 Å². The molecule has 1 aromatic rings. The Morgan fingerprint density at radius 2 is 2.00 bits per heavy atom. The second-order valence-corrected chi connectivity index (χ2v) is 3.99. The average molecular weight is 222 g/mol. The first kappa shape index (κ1) is 11.1. The Kier molecular flexibility index (Phi) is 3.19. The molecule has 16 heavy (non-hydrogen) atoms. The largest absolute Gasteiger partial charge is 0.496 e. The summed E-state index contributed by atoms with van der Waals surface area (Å²) in [4.78, 5) is 0. The Bertz CT molecular complexity index is 374. The number of methoxy groups -OCH3 is 2. The lowest BCUT2D eigenvalue weighted by atomic mass is 10.0. The second-order valence-electron chi connectivity index (χ2n) is 3.99. The van der Waals surface area contributed by atoms with E-state index in [0.717, 1.165) is 24.3 Å². The molecule has 0 saturated carbocycles. The summed E-state index contributed by atoms with van der Waals surface area (Å²) >= 11 is 0. The molecule has 0 radical (unpaired) electrons. The fourth-order valence-corrected chi connectivity index (χ4v) is 2.17. The van der Waals surface area contributed by atoms with E-state index in [1.165, 1.54) is 6.42 Å². The number of hydrogen-bond donors (Lipinski definition) is 2. The van der Waals surface area contributed by atoms with Crippen molar-refractivity contribution in [1.29, 1.82) is 0 Å². The standard InChI is InChI=1S/C12H18N2O2/c1-15-11-7-12(16-2)9(13)6-8(11)10-4-3-5-14-10/h6-7,10,14H,3-5,13H2,1-2H3/t10-/m1/s1. The van der Waals surface area contributed by atoms with Crippen molar-refractivity contribution < 1.29 is 9.47 Å². The van der Waals surface area contributed by atoms with E-state index in [1.807, 2.05) is 12.1 Å². The van der Waals surface area contributed by atoms with Crippen LogP contribution in [0.25, 0.3) is 0 Å². The third-order valence-electron chi connectivity index (χ3n) is 3.02. The summed E-state index contributed by atoms with van der Waals surface area (Å²) in [5.41, 5.74) is 7.70. The van der Waals surface area contributed by atoms with E-state index in [1.54, 1.807) is 14.2 Å². The molecule has 1 atom stereocenters. The Balaban J connectivity index is 2.39. The van der Waals surface area contributed by atoms with Crippen LogP contribution < -0.4 is 20.5 Å². The number of ether oxygens (including phenoxy) is 2. The number of nitrogen functional groups attached to an aromatic ring is 1. The lowest BCUT2D eigenvalue weighted by Crippen LogP contribution is -2.14. The molecule has 1 fully saturated rings. The molecule has 1 aliphatic heterocycles. The molecular formula is C12H18N2O2. The molecule has 0 aromatic heterocycles. The lowest BCUT2D eigenvalue weighted by molar-refractivity contribution is 0.388. The molecule has 0 amide bonds. The van der Waals surface area contributed by atoms with Gasteiger partial charge in [-0.15, -0.1) is 0 Å². The van der Waals surface area contributed by atoms with Crippen LogP contribution >= 0.6 is 0 Å². The lowest BCUT2D eigenvalue weighted by Gasteiger charge is -2.17. The van der Waals surface area contributed by atoms with Gasteiger partial charge in [-0.2, -0.15) is 0 Å². The molecule has 4 nitrogen and oxygen atoms in total. The van der Waals surface area contributed by atoms with Gasteiger partial charge in [0.15, 0.2) is 0 Å². The minimum absolute atomic E-state index is 0.350. The normalized spacial score (nSPS) is 19.8. The van der Waals surface area contributed by atoms with E-state index in [0.29, 0.717) is 17.5 Å². The van der Waals surface area contributed by atoms with Crippen LogP contribution in [0.5, 0.6) is 11.5 Å². The highest BCUT2D eigenvalue weighted by Crippen LogP contribution is 2.37. The van der Waals surface area contributed by atoms with Crippen LogP contribution in [0.1, 0.15) is 24.4 Å². The Hall–Kier alpha value is -1.42. The van der Waals surface area contributed by atoms with Gasteiger partial charge >= 0.3 is 0 Å². The number of benzene rings is 1. The fourth-order valence-electron chi connectivity index (χ4n) is 2.17. The van der Waals surface area contributed by atoms with Gasteiger partial charge in [-0.3, -0.25) is 0 Å². The van der Waals surface area contributed by atoms with Crippen molar-refractivity contribution in [2.45, 2.75) is 18.9 Å². The summed E-state index contributed by atoms with van der Waals surface area (Å²) in [6, 6.07) is 4.15. The molecule has 2 rings (SSSR count). The summed E-state index contributed by atoms with van der Waals surface area (Å²) < 4.78 is 10.6. The van der Waals surface area contributed by atoms with Crippen LogP contribution in [-0.2, 0) is 0 Å². The van der Waals surface area contributed by atoms with E-state index >= 15 is 0 Å². The fraction of sp³-hybridized carbons (Fsp3) is 0.500. The average Bonchev–Trinajstić information content (AvgIpc) is 2.82. The molecule has 1 aromatic carbocycles. The molecule has 1 saturated heterocycles. The topological polar surface area (TPSA) is 56.5 Å². The highest BCUT2D eigenvalue weighted by atomic mass is 16.5. The maximum absolute atomic E-state index is 5.91. The zero-order chi connectivity index (χ0) is 11.5. The zero-order valence-corrected chi connectivity index (χ0v) is 9.75. The van der Waals surface area contributed by atoms with Crippen molar-refractivity contribution in [3.05, 3.63) is 17.7 Å². The quantitative estimate of drug-likeness (QED) is 0.764. The first-order chi connectivity index (χ1) is 7.76. The maximum atomic E-state index is 5.91. The molecule has 0 aliphatic carbocycles. The maximum Gasteiger partial charge on any atom is 0.145 e. The van der Waals surface area contributed by atoms with E-state index < -0.39 is 0 Å². The molecule has 3 N–H and O–H groups in total. The molecular weight excluding hydrogens is 204 g/mol. The Morgan fingerprint density at radius 1 is 1.25 bits per heavy atom. The molecule has 1 heterocycles. The van der Waals surface area contributed by atoms with Gasteiger partial charge in [0, 0.05) is 17.7 Å². The van der Waals surface area contributed by atoms with E-state index in [9.17, 15) is 0 Å². The Labute approximate surface area is 95.7 Å². The third-order valence-corrected chi connectivity index (χ3v) is 3.02. The van der Waals surface area contributed by atoms with Crippen molar-refractivity contribution in [2.75, 3.05) is 26.5 Å². The number of nitrogens with two attached hydrogens (primary N) is 1.